The Bertz CT molecular complexity index is 951. The van der Waals surface area contributed by atoms with Crippen molar-refractivity contribution < 1.29 is 9.21 Å². The SMILES string of the molecule is Cc1c(C(=O)N2C[C@@H](CN)[C@H](c3ccccc3)C2)oc2c(Cl)cccc12. The van der Waals surface area contributed by atoms with E-state index in [4.69, 9.17) is 21.8 Å². The van der Waals surface area contributed by atoms with Gasteiger partial charge >= 0.3 is 0 Å². The maximum Gasteiger partial charge on any atom is 0.289 e. The summed E-state index contributed by atoms with van der Waals surface area (Å²) in [6.45, 7) is 3.74. The van der Waals surface area contributed by atoms with E-state index >= 15 is 0 Å². The topological polar surface area (TPSA) is 59.5 Å². The summed E-state index contributed by atoms with van der Waals surface area (Å²) in [5.41, 5.74) is 8.63. The highest BCUT2D eigenvalue weighted by molar-refractivity contribution is 6.35. The van der Waals surface area contributed by atoms with E-state index in [2.05, 4.69) is 12.1 Å². The predicted molar refractivity (Wildman–Crippen MR) is 104 cm³/mol. The molecule has 2 N–H and O–H groups in total. The third kappa shape index (κ3) is 2.79. The van der Waals surface area contributed by atoms with E-state index in [1.165, 1.54) is 5.56 Å². The first kappa shape index (κ1) is 17.1. The van der Waals surface area contributed by atoms with Gasteiger partial charge < -0.3 is 15.1 Å². The number of nitrogens with two attached hydrogens (primary N) is 1. The number of carbonyl (C=O) groups is 1. The fourth-order valence-corrected chi connectivity index (χ4v) is 4.12. The lowest BCUT2D eigenvalue weighted by Crippen LogP contribution is -2.30. The Morgan fingerprint density at radius 1 is 1.19 bits per heavy atom. The Balaban J connectivity index is 1.65. The zero-order valence-electron chi connectivity index (χ0n) is 14.6. The molecule has 0 unspecified atom stereocenters. The van der Waals surface area contributed by atoms with Crippen LogP contribution in [0.15, 0.2) is 52.9 Å². The van der Waals surface area contributed by atoms with Crippen LogP contribution in [-0.4, -0.2) is 30.4 Å². The minimum atomic E-state index is -0.0911. The second-order valence-corrected chi connectivity index (χ2v) is 7.30. The van der Waals surface area contributed by atoms with Gasteiger partial charge in [0.2, 0.25) is 0 Å². The van der Waals surface area contributed by atoms with Gasteiger partial charge in [0, 0.05) is 30.0 Å². The number of amides is 1. The average Bonchev–Trinajstić information content (AvgIpc) is 3.25. The van der Waals surface area contributed by atoms with Crippen molar-refractivity contribution >= 4 is 28.5 Å². The van der Waals surface area contributed by atoms with Crippen LogP contribution in [0.2, 0.25) is 5.02 Å². The molecule has 4 nitrogen and oxygen atoms in total. The van der Waals surface area contributed by atoms with Crippen molar-refractivity contribution in [3.8, 4) is 0 Å². The smallest absolute Gasteiger partial charge is 0.289 e. The standard InChI is InChI=1S/C21H21ClN2O2/c1-13-16-8-5-9-18(22)20(16)26-19(13)21(25)24-11-15(10-23)17(12-24)14-6-3-2-4-7-14/h2-9,15,17H,10-12,23H2,1H3/t15-,17+/m1/s1. The number of carbonyl (C=O) groups excluding carboxylic acids is 1. The van der Waals surface area contributed by atoms with Crippen LogP contribution in [0.25, 0.3) is 11.0 Å². The van der Waals surface area contributed by atoms with Gasteiger partial charge in [-0.15, -0.1) is 0 Å². The van der Waals surface area contributed by atoms with E-state index in [1.54, 1.807) is 6.07 Å². The summed E-state index contributed by atoms with van der Waals surface area (Å²) in [7, 11) is 0. The molecule has 0 aliphatic carbocycles. The van der Waals surface area contributed by atoms with E-state index < -0.39 is 0 Å². The molecule has 1 aliphatic rings. The van der Waals surface area contributed by atoms with E-state index in [0.29, 0.717) is 36.0 Å². The molecular formula is C21H21ClN2O2. The van der Waals surface area contributed by atoms with Gasteiger partial charge in [0.05, 0.1) is 5.02 Å². The number of rotatable bonds is 3. The average molecular weight is 369 g/mol. The molecule has 2 atom stereocenters. The molecule has 1 fully saturated rings. The molecule has 2 heterocycles. The van der Waals surface area contributed by atoms with Gasteiger partial charge in [0.15, 0.2) is 11.3 Å². The minimum absolute atomic E-state index is 0.0911. The van der Waals surface area contributed by atoms with E-state index in [1.807, 2.05) is 42.2 Å². The fraction of sp³-hybridized carbons (Fsp3) is 0.286. The number of likely N-dealkylation sites (tertiary alicyclic amines) is 1. The molecule has 1 amide bonds. The lowest BCUT2D eigenvalue weighted by molar-refractivity contribution is 0.0756. The fourth-order valence-electron chi connectivity index (χ4n) is 3.91. The van der Waals surface area contributed by atoms with Gasteiger partial charge in [-0.2, -0.15) is 0 Å². The normalized spacial score (nSPS) is 20.0. The zero-order valence-corrected chi connectivity index (χ0v) is 15.4. The number of aryl methyl sites for hydroxylation is 1. The molecule has 0 saturated carbocycles. The highest BCUT2D eigenvalue weighted by Crippen LogP contribution is 2.35. The second-order valence-electron chi connectivity index (χ2n) is 6.90. The highest BCUT2D eigenvalue weighted by Gasteiger charge is 2.37. The van der Waals surface area contributed by atoms with Crippen LogP contribution in [0.5, 0.6) is 0 Å². The van der Waals surface area contributed by atoms with Gasteiger partial charge in [-0.3, -0.25) is 4.79 Å². The summed E-state index contributed by atoms with van der Waals surface area (Å²) in [5.74, 6) is 0.775. The van der Waals surface area contributed by atoms with Crippen molar-refractivity contribution in [3.63, 3.8) is 0 Å². The maximum atomic E-state index is 13.1. The molecule has 0 radical (unpaired) electrons. The molecule has 2 aromatic carbocycles. The maximum absolute atomic E-state index is 13.1. The molecule has 26 heavy (non-hydrogen) atoms. The summed E-state index contributed by atoms with van der Waals surface area (Å²) < 4.78 is 5.86. The number of nitrogens with zero attached hydrogens (tertiary/aromatic N) is 1. The van der Waals surface area contributed by atoms with Gasteiger partial charge in [-0.05, 0) is 31.0 Å². The molecule has 1 saturated heterocycles. The first-order valence-electron chi connectivity index (χ1n) is 8.82. The van der Waals surface area contributed by atoms with Crippen molar-refractivity contribution in [1.82, 2.24) is 4.90 Å². The van der Waals surface area contributed by atoms with E-state index in [0.717, 1.165) is 10.9 Å². The lowest BCUT2D eigenvalue weighted by Gasteiger charge is -2.16. The van der Waals surface area contributed by atoms with Crippen LogP contribution in [0, 0.1) is 12.8 Å². The van der Waals surface area contributed by atoms with E-state index in [-0.39, 0.29) is 17.7 Å². The van der Waals surface area contributed by atoms with Crippen LogP contribution in [0.1, 0.15) is 27.6 Å². The summed E-state index contributed by atoms with van der Waals surface area (Å²) in [6, 6.07) is 15.8. The lowest BCUT2D eigenvalue weighted by atomic mass is 9.89. The Kier molecular flexibility index (Phi) is 4.47. The van der Waals surface area contributed by atoms with Crippen molar-refractivity contribution in [2.45, 2.75) is 12.8 Å². The Morgan fingerprint density at radius 2 is 1.96 bits per heavy atom. The first-order chi connectivity index (χ1) is 12.6. The largest absolute Gasteiger partial charge is 0.449 e. The van der Waals surface area contributed by atoms with Crippen LogP contribution in [0.3, 0.4) is 0 Å². The number of furan rings is 1. The molecule has 134 valence electrons. The predicted octanol–water partition coefficient (Wildman–Crippen LogP) is 4.21. The third-order valence-electron chi connectivity index (χ3n) is 5.37. The van der Waals surface area contributed by atoms with Gasteiger partial charge in [0.1, 0.15) is 0 Å². The van der Waals surface area contributed by atoms with Crippen molar-refractivity contribution in [1.29, 1.82) is 0 Å². The summed E-state index contributed by atoms with van der Waals surface area (Å²) in [6.07, 6.45) is 0. The number of benzene rings is 2. The van der Waals surface area contributed by atoms with Crippen molar-refractivity contribution in [2.24, 2.45) is 11.7 Å². The van der Waals surface area contributed by atoms with Crippen molar-refractivity contribution in [2.75, 3.05) is 19.6 Å². The zero-order chi connectivity index (χ0) is 18.3. The number of para-hydroxylation sites is 1. The minimum Gasteiger partial charge on any atom is -0.449 e. The molecule has 4 rings (SSSR count). The van der Waals surface area contributed by atoms with Gasteiger partial charge in [0.25, 0.3) is 5.91 Å². The molecule has 5 heteroatoms. The third-order valence-corrected chi connectivity index (χ3v) is 5.67. The number of hydrogen-bond acceptors (Lipinski definition) is 3. The Labute approximate surface area is 157 Å². The Hall–Kier alpha value is -2.30. The molecule has 1 aliphatic heterocycles. The Morgan fingerprint density at radius 3 is 2.65 bits per heavy atom. The molecular weight excluding hydrogens is 348 g/mol. The first-order valence-corrected chi connectivity index (χ1v) is 9.20. The summed E-state index contributed by atoms with van der Waals surface area (Å²) >= 11 is 6.22. The molecule has 3 aromatic rings. The monoisotopic (exact) mass is 368 g/mol. The second kappa shape index (κ2) is 6.78. The molecule has 0 bridgehead atoms. The van der Waals surface area contributed by atoms with Crippen LogP contribution in [0.4, 0.5) is 0 Å². The number of fused-ring (bicyclic) bond motifs is 1. The summed E-state index contributed by atoms with van der Waals surface area (Å²) in [4.78, 5) is 15.0. The van der Waals surface area contributed by atoms with Gasteiger partial charge in [-0.25, -0.2) is 0 Å². The van der Waals surface area contributed by atoms with Gasteiger partial charge in [-0.1, -0.05) is 54.1 Å². The number of hydrogen-bond donors (Lipinski definition) is 1. The van der Waals surface area contributed by atoms with E-state index in [9.17, 15) is 4.79 Å². The highest BCUT2D eigenvalue weighted by atomic mass is 35.5. The summed E-state index contributed by atoms with van der Waals surface area (Å²) in [5, 5.41) is 1.41. The van der Waals surface area contributed by atoms with Crippen molar-refractivity contribution in [3.05, 3.63) is 70.4 Å². The molecule has 0 spiro atoms. The van der Waals surface area contributed by atoms with Crippen LogP contribution >= 0.6 is 11.6 Å². The quantitative estimate of drug-likeness (QED) is 0.753. The van der Waals surface area contributed by atoms with Crippen LogP contribution < -0.4 is 5.73 Å². The number of halogens is 1. The van der Waals surface area contributed by atoms with Crippen LogP contribution in [-0.2, 0) is 0 Å². The molecule has 1 aromatic heterocycles.